The minimum absolute atomic E-state index is 0.0164. The first-order chi connectivity index (χ1) is 12.5. The van der Waals surface area contributed by atoms with Crippen LogP contribution in [-0.4, -0.2) is 42.3 Å². The number of amides is 2. The van der Waals surface area contributed by atoms with Crippen LogP contribution in [0.1, 0.15) is 11.3 Å². The molecule has 1 aromatic carbocycles. The van der Waals surface area contributed by atoms with E-state index in [2.05, 4.69) is 20.9 Å². The summed E-state index contributed by atoms with van der Waals surface area (Å²) >= 11 is 0. The second-order valence-corrected chi connectivity index (χ2v) is 5.55. The monoisotopic (exact) mass is 354 g/mol. The number of carbonyl (C=O) groups excluding carboxylic acids is 2. The molecule has 0 saturated heterocycles. The molecule has 1 aromatic heterocycles. The Labute approximate surface area is 151 Å². The van der Waals surface area contributed by atoms with Crippen LogP contribution < -0.4 is 21.7 Å². The fourth-order valence-electron chi connectivity index (χ4n) is 2.16. The molecule has 0 bridgehead atoms. The Morgan fingerprint density at radius 1 is 1.04 bits per heavy atom. The van der Waals surface area contributed by atoms with Gasteiger partial charge in [0.2, 0.25) is 11.8 Å². The number of carbonyl (C=O) groups is 2. The third-order valence-corrected chi connectivity index (χ3v) is 3.50. The summed E-state index contributed by atoms with van der Waals surface area (Å²) in [5.41, 5.74) is 7.57. The number of rotatable bonds is 9. The normalized spacial score (nSPS) is 10.0. The Morgan fingerprint density at radius 2 is 1.85 bits per heavy atom. The Balaban J connectivity index is 1.64. The number of nitrogens with two attached hydrogens (primary N) is 1. The van der Waals surface area contributed by atoms with Crippen LogP contribution in [0, 0.1) is 5.41 Å². The van der Waals surface area contributed by atoms with E-state index in [0.717, 1.165) is 5.69 Å². The van der Waals surface area contributed by atoms with E-state index in [0.29, 0.717) is 24.2 Å². The molecule has 1 heterocycles. The predicted molar refractivity (Wildman–Crippen MR) is 99.9 cm³/mol. The molecule has 8 nitrogen and oxygen atoms in total. The van der Waals surface area contributed by atoms with Crippen LogP contribution in [0.4, 0.5) is 5.69 Å². The number of nitrogen functional groups attached to an aromatic ring is 1. The molecule has 0 saturated carbocycles. The van der Waals surface area contributed by atoms with Gasteiger partial charge in [-0.1, -0.05) is 18.2 Å². The number of nitrogens with zero attached hydrogens (tertiary/aromatic N) is 1. The first-order valence-corrected chi connectivity index (χ1v) is 8.16. The number of nitrogens with one attached hydrogen (secondary N) is 4. The Kier molecular flexibility index (Phi) is 7.11. The molecule has 0 atom stereocenters. The largest absolute Gasteiger partial charge is 0.384 e. The Morgan fingerprint density at radius 3 is 2.58 bits per heavy atom. The molecule has 0 spiro atoms. The summed E-state index contributed by atoms with van der Waals surface area (Å²) in [6, 6.07) is 12.5. The number of pyridine rings is 1. The predicted octanol–water partition coefficient (Wildman–Crippen LogP) is 0.253. The second kappa shape index (κ2) is 9.77. The lowest BCUT2D eigenvalue weighted by Crippen LogP contribution is -2.39. The highest BCUT2D eigenvalue weighted by Gasteiger charge is 2.06. The van der Waals surface area contributed by atoms with Crippen LogP contribution in [0.15, 0.2) is 48.7 Å². The van der Waals surface area contributed by atoms with Crippen molar-refractivity contribution in [2.24, 2.45) is 5.73 Å². The molecule has 26 heavy (non-hydrogen) atoms. The zero-order valence-corrected chi connectivity index (χ0v) is 14.3. The SMILES string of the molecule is N=C(N)c1cccc(NCC(=O)NCC(=O)NCCc2ccccn2)c1. The molecule has 8 heteroatoms. The van der Waals surface area contributed by atoms with E-state index in [9.17, 15) is 9.59 Å². The van der Waals surface area contributed by atoms with Crippen molar-refractivity contribution in [1.82, 2.24) is 15.6 Å². The average Bonchev–Trinajstić information content (AvgIpc) is 2.66. The first-order valence-electron chi connectivity index (χ1n) is 8.16. The van der Waals surface area contributed by atoms with E-state index in [1.807, 2.05) is 18.2 Å². The highest BCUT2D eigenvalue weighted by Crippen LogP contribution is 2.09. The number of aromatic nitrogens is 1. The van der Waals surface area contributed by atoms with Gasteiger partial charge in [0.25, 0.3) is 0 Å². The summed E-state index contributed by atoms with van der Waals surface area (Å²) in [5, 5.41) is 15.6. The minimum Gasteiger partial charge on any atom is -0.384 e. The second-order valence-electron chi connectivity index (χ2n) is 5.55. The Hall–Kier alpha value is -3.42. The van der Waals surface area contributed by atoms with Gasteiger partial charge in [-0.25, -0.2) is 0 Å². The van der Waals surface area contributed by atoms with Crippen LogP contribution >= 0.6 is 0 Å². The number of hydrogen-bond donors (Lipinski definition) is 5. The highest BCUT2D eigenvalue weighted by molar-refractivity contribution is 5.96. The van der Waals surface area contributed by atoms with Gasteiger partial charge in [-0.15, -0.1) is 0 Å². The van der Waals surface area contributed by atoms with Crippen LogP contribution in [0.2, 0.25) is 0 Å². The van der Waals surface area contributed by atoms with E-state index in [4.69, 9.17) is 11.1 Å². The quantitative estimate of drug-likeness (QED) is 0.325. The summed E-state index contributed by atoms with van der Waals surface area (Å²) in [4.78, 5) is 27.7. The van der Waals surface area contributed by atoms with E-state index in [1.54, 1.807) is 30.5 Å². The number of anilines is 1. The maximum Gasteiger partial charge on any atom is 0.239 e. The molecule has 136 valence electrons. The Bertz CT molecular complexity index is 763. The molecule has 2 amide bonds. The number of hydrogen-bond acceptors (Lipinski definition) is 5. The fraction of sp³-hybridized carbons (Fsp3) is 0.222. The van der Waals surface area contributed by atoms with Crippen molar-refractivity contribution in [3.05, 3.63) is 59.9 Å². The van der Waals surface area contributed by atoms with Crippen molar-refractivity contribution in [3.8, 4) is 0 Å². The van der Waals surface area contributed by atoms with E-state index < -0.39 is 0 Å². The van der Waals surface area contributed by atoms with Gasteiger partial charge < -0.3 is 21.7 Å². The van der Waals surface area contributed by atoms with Gasteiger partial charge in [0.1, 0.15) is 5.84 Å². The molecule has 0 unspecified atom stereocenters. The van der Waals surface area contributed by atoms with Gasteiger partial charge in [0.15, 0.2) is 0 Å². The van der Waals surface area contributed by atoms with E-state index in [1.165, 1.54) is 0 Å². The molecular weight excluding hydrogens is 332 g/mol. The number of benzene rings is 1. The van der Waals surface area contributed by atoms with Crippen LogP contribution in [0.5, 0.6) is 0 Å². The zero-order chi connectivity index (χ0) is 18.8. The smallest absolute Gasteiger partial charge is 0.239 e. The van der Waals surface area contributed by atoms with Crippen LogP contribution in [0.3, 0.4) is 0 Å². The lowest BCUT2D eigenvalue weighted by atomic mass is 10.2. The molecule has 0 fully saturated rings. The molecule has 0 aliphatic carbocycles. The van der Waals surface area contributed by atoms with Crippen molar-refractivity contribution in [3.63, 3.8) is 0 Å². The topological polar surface area (TPSA) is 133 Å². The summed E-state index contributed by atoms with van der Waals surface area (Å²) < 4.78 is 0. The van der Waals surface area contributed by atoms with Crippen molar-refractivity contribution in [2.45, 2.75) is 6.42 Å². The van der Waals surface area contributed by atoms with Gasteiger partial charge in [-0.05, 0) is 24.3 Å². The van der Waals surface area contributed by atoms with Gasteiger partial charge in [-0.2, -0.15) is 0 Å². The molecule has 0 aliphatic heterocycles. The van der Waals surface area contributed by atoms with E-state index in [-0.39, 0.29) is 30.7 Å². The molecule has 0 aliphatic rings. The molecule has 2 rings (SSSR count). The number of amidine groups is 1. The third kappa shape index (κ3) is 6.60. The molecule has 2 aromatic rings. The summed E-state index contributed by atoms with van der Waals surface area (Å²) in [6.07, 6.45) is 2.34. The standard InChI is InChI=1S/C18H22N6O2/c19-18(20)13-4-3-6-15(10-13)23-11-17(26)24-12-16(25)22-9-7-14-5-1-2-8-21-14/h1-6,8,10,23H,7,9,11-12H2,(H3,19,20)(H,22,25)(H,24,26). The van der Waals surface area contributed by atoms with Crippen molar-refractivity contribution >= 4 is 23.3 Å². The minimum atomic E-state index is -0.307. The summed E-state index contributed by atoms with van der Waals surface area (Å²) in [5.74, 6) is -0.605. The van der Waals surface area contributed by atoms with E-state index >= 15 is 0 Å². The van der Waals surface area contributed by atoms with Gasteiger partial charge in [-0.3, -0.25) is 20.0 Å². The maximum atomic E-state index is 11.8. The lowest BCUT2D eigenvalue weighted by Gasteiger charge is -2.09. The van der Waals surface area contributed by atoms with Gasteiger partial charge in [0.05, 0.1) is 13.1 Å². The molecule has 0 radical (unpaired) electrons. The van der Waals surface area contributed by atoms with Gasteiger partial charge in [0, 0.05) is 36.1 Å². The van der Waals surface area contributed by atoms with Crippen LogP contribution in [0.25, 0.3) is 0 Å². The van der Waals surface area contributed by atoms with Crippen molar-refractivity contribution in [2.75, 3.05) is 25.0 Å². The summed E-state index contributed by atoms with van der Waals surface area (Å²) in [6.45, 7) is 0.389. The molecular formula is C18H22N6O2. The third-order valence-electron chi connectivity index (χ3n) is 3.50. The fourth-order valence-corrected chi connectivity index (χ4v) is 2.16. The van der Waals surface area contributed by atoms with Crippen molar-refractivity contribution in [1.29, 1.82) is 5.41 Å². The van der Waals surface area contributed by atoms with Crippen LogP contribution in [-0.2, 0) is 16.0 Å². The first kappa shape index (κ1) is 18.9. The summed E-state index contributed by atoms with van der Waals surface area (Å²) in [7, 11) is 0. The maximum absolute atomic E-state index is 11.8. The molecule has 6 N–H and O–H groups in total. The zero-order valence-electron chi connectivity index (χ0n) is 14.3. The lowest BCUT2D eigenvalue weighted by molar-refractivity contribution is -0.125. The average molecular weight is 354 g/mol. The van der Waals surface area contributed by atoms with Gasteiger partial charge >= 0.3 is 0 Å². The van der Waals surface area contributed by atoms with Crippen molar-refractivity contribution < 1.29 is 9.59 Å². The highest BCUT2D eigenvalue weighted by atomic mass is 16.2.